The number of para-hydroxylation sites is 1. The molecule has 160 valence electrons. The number of esters is 1. The molecule has 0 spiro atoms. The Kier molecular flexibility index (Phi) is 7.32. The monoisotopic (exact) mass is 460 g/mol. The minimum Gasteiger partial charge on any atom is -0.482 e. The lowest BCUT2D eigenvalue weighted by Crippen LogP contribution is -2.34. The second kappa shape index (κ2) is 10.1. The summed E-state index contributed by atoms with van der Waals surface area (Å²) in [5, 5.41) is 2.37. The number of amides is 3. The van der Waals surface area contributed by atoms with Gasteiger partial charge >= 0.3 is 5.97 Å². The fourth-order valence-corrected chi connectivity index (χ4v) is 3.65. The van der Waals surface area contributed by atoms with Crippen LogP contribution in [0.3, 0.4) is 0 Å². The summed E-state index contributed by atoms with van der Waals surface area (Å²) in [7, 11) is 1.17. The van der Waals surface area contributed by atoms with E-state index < -0.39 is 23.7 Å². The number of methoxy groups -OCH3 is 1. The molecule has 31 heavy (non-hydrogen) atoms. The first kappa shape index (κ1) is 22.4. The summed E-state index contributed by atoms with van der Waals surface area (Å²) in [5.41, 5.74) is 1.20. The largest absolute Gasteiger partial charge is 0.482 e. The molecule has 1 heterocycles. The van der Waals surface area contributed by atoms with E-state index in [0.717, 1.165) is 16.7 Å². The number of rotatable bonds is 7. The molecule has 3 amide bonds. The number of nitrogens with zero attached hydrogens (tertiary/aromatic N) is 1. The van der Waals surface area contributed by atoms with Gasteiger partial charge in [-0.15, -0.1) is 0 Å². The van der Waals surface area contributed by atoms with Gasteiger partial charge in [0.05, 0.1) is 17.0 Å². The summed E-state index contributed by atoms with van der Waals surface area (Å²) < 4.78 is 9.95. The molecule has 0 aromatic heterocycles. The molecule has 0 aliphatic carbocycles. The van der Waals surface area contributed by atoms with E-state index >= 15 is 0 Å². The topological polar surface area (TPSA) is 102 Å². The molecule has 0 atom stereocenters. The molecule has 1 saturated heterocycles. The quantitative estimate of drug-likeness (QED) is 0.497. The molecular formula is C21H17ClN2O6S. The maximum atomic E-state index is 12.4. The lowest BCUT2D eigenvalue weighted by molar-refractivity contribution is -0.143. The van der Waals surface area contributed by atoms with E-state index in [1.165, 1.54) is 13.2 Å². The van der Waals surface area contributed by atoms with Crippen molar-refractivity contribution in [3.8, 4) is 5.75 Å². The Labute approximate surface area is 187 Å². The fourth-order valence-electron chi connectivity index (χ4n) is 2.57. The van der Waals surface area contributed by atoms with Gasteiger partial charge in [-0.3, -0.25) is 24.1 Å². The van der Waals surface area contributed by atoms with Gasteiger partial charge in [-0.25, -0.2) is 0 Å². The zero-order valence-electron chi connectivity index (χ0n) is 16.3. The van der Waals surface area contributed by atoms with Crippen molar-refractivity contribution in [2.24, 2.45) is 0 Å². The van der Waals surface area contributed by atoms with Crippen molar-refractivity contribution in [1.29, 1.82) is 0 Å². The van der Waals surface area contributed by atoms with Crippen LogP contribution in [0, 0.1) is 0 Å². The normalized spacial score (nSPS) is 14.6. The van der Waals surface area contributed by atoms with Crippen LogP contribution < -0.4 is 10.1 Å². The van der Waals surface area contributed by atoms with Gasteiger partial charge in [0.2, 0.25) is 0 Å². The number of thioether (sulfide) groups is 1. The number of nitrogens with one attached hydrogen (secondary N) is 1. The standard InChI is InChI=1S/C21H17ClN2O6S/c1-29-19(26)11-24-20(27)17(31-21(24)28)10-13-7-8-16(15(22)9-13)30-12-18(25)23-14-5-3-2-4-6-14/h2-10H,11-12H2,1H3,(H,23,25)/b17-10-. The van der Waals surface area contributed by atoms with E-state index in [4.69, 9.17) is 16.3 Å². The van der Waals surface area contributed by atoms with Crippen LogP contribution in [0.25, 0.3) is 6.08 Å². The van der Waals surface area contributed by atoms with Crippen molar-refractivity contribution in [2.75, 3.05) is 25.6 Å². The van der Waals surface area contributed by atoms with Crippen molar-refractivity contribution < 1.29 is 28.7 Å². The van der Waals surface area contributed by atoms with Crippen LogP contribution in [-0.2, 0) is 19.1 Å². The number of imide groups is 1. The molecule has 1 fully saturated rings. The van der Waals surface area contributed by atoms with Crippen LogP contribution in [0.4, 0.5) is 10.5 Å². The van der Waals surface area contributed by atoms with Crippen LogP contribution in [0.15, 0.2) is 53.4 Å². The highest BCUT2D eigenvalue weighted by molar-refractivity contribution is 8.18. The van der Waals surface area contributed by atoms with Gasteiger partial charge in [-0.1, -0.05) is 35.9 Å². The van der Waals surface area contributed by atoms with Gasteiger partial charge < -0.3 is 14.8 Å². The van der Waals surface area contributed by atoms with Gasteiger partial charge in [0.15, 0.2) is 6.61 Å². The lowest BCUT2D eigenvalue weighted by Gasteiger charge is -2.10. The molecule has 0 saturated carbocycles. The summed E-state index contributed by atoms with van der Waals surface area (Å²) >= 11 is 6.94. The molecule has 1 aliphatic rings. The van der Waals surface area contributed by atoms with Crippen molar-refractivity contribution in [3.63, 3.8) is 0 Å². The Morgan fingerprint density at radius 1 is 1.16 bits per heavy atom. The molecular weight excluding hydrogens is 444 g/mol. The predicted octanol–water partition coefficient (Wildman–Crippen LogP) is 3.57. The third-order valence-electron chi connectivity index (χ3n) is 4.06. The van der Waals surface area contributed by atoms with E-state index in [2.05, 4.69) is 10.1 Å². The van der Waals surface area contributed by atoms with E-state index in [0.29, 0.717) is 17.0 Å². The third-order valence-corrected chi connectivity index (χ3v) is 5.26. The van der Waals surface area contributed by atoms with E-state index in [9.17, 15) is 19.2 Å². The first-order valence-corrected chi connectivity index (χ1v) is 10.2. The Balaban J connectivity index is 1.63. The SMILES string of the molecule is COC(=O)CN1C(=O)S/C(=C\c2ccc(OCC(=O)Nc3ccccc3)c(Cl)c2)C1=O. The minimum atomic E-state index is -0.690. The van der Waals surface area contributed by atoms with Crippen molar-refractivity contribution in [2.45, 2.75) is 0 Å². The van der Waals surface area contributed by atoms with Crippen LogP contribution in [-0.4, -0.2) is 48.2 Å². The van der Waals surface area contributed by atoms with Crippen LogP contribution in [0.5, 0.6) is 5.75 Å². The average molecular weight is 461 g/mol. The number of hydrogen-bond acceptors (Lipinski definition) is 7. The minimum absolute atomic E-state index is 0.154. The number of anilines is 1. The van der Waals surface area contributed by atoms with Crippen LogP contribution >= 0.6 is 23.4 Å². The number of ether oxygens (including phenoxy) is 2. The Morgan fingerprint density at radius 3 is 2.58 bits per heavy atom. The molecule has 3 rings (SSSR count). The Hall–Kier alpha value is -3.30. The third kappa shape index (κ3) is 5.87. The fraction of sp³-hybridized carbons (Fsp3) is 0.143. The zero-order valence-corrected chi connectivity index (χ0v) is 17.9. The van der Waals surface area contributed by atoms with Gasteiger partial charge in [0.1, 0.15) is 12.3 Å². The van der Waals surface area contributed by atoms with Gasteiger partial charge in [-0.2, -0.15) is 0 Å². The van der Waals surface area contributed by atoms with Crippen molar-refractivity contribution >= 4 is 58.1 Å². The first-order chi connectivity index (χ1) is 14.9. The molecule has 8 nitrogen and oxygen atoms in total. The molecule has 0 bridgehead atoms. The molecule has 10 heteroatoms. The number of halogens is 1. The summed E-state index contributed by atoms with van der Waals surface area (Å²) in [6.45, 7) is -0.683. The molecule has 0 radical (unpaired) electrons. The van der Waals surface area contributed by atoms with Crippen LogP contribution in [0.2, 0.25) is 5.02 Å². The number of benzene rings is 2. The van der Waals surface area contributed by atoms with Gasteiger partial charge in [0.25, 0.3) is 17.1 Å². The first-order valence-electron chi connectivity index (χ1n) is 8.97. The Morgan fingerprint density at radius 2 is 1.90 bits per heavy atom. The summed E-state index contributed by atoms with van der Waals surface area (Å²) in [4.78, 5) is 48.6. The second-order valence-electron chi connectivity index (χ2n) is 6.24. The molecule has 0 unspecified atom stereocenters. The summed E-state index contributed by atoms with van der Waals surface area (Å²) in [5.74, 6) is -1.33. The predicted molar refractivity (Wildman–Crippen MR) is 117 cm³/mol. The molecule has 2 aromatic carbocycles. The highest BCUT2D eigenvalue weighted by atomic mass is 35.5. The Bertz CT molecular complexity index is 1060. The van der Waals surface area contributed by atoms with E-state index in [1.807, 2.05) is 6.07 Å². The molecule has 1 aliphatic heterocycles. The van der Waals surface area contributed by atoms with Crippen molar-refractivity contribution in [3.05, 3.63) is 64.0 Å². The molecule has 1 N–H and O–H groups in total. The molecule has 2 aromatic rings. The highest BCUT2D eigenvalue weighted by Gasteiger charge is 2.36. The maximum Gasteiger partial charge on any atom is 0.325 e. The second-order valence-corrected chi connectivity index (χ2v) is 7.64. The number of hydrogen-bond donors (Lipinski definition) is 1. The number of carbonyl (C=O) groups is 4. The van der Waals surface area contributed by atoms with Crippen molar-refractivity contribution in [1.82, 2.24) is 4.90 Å². The lowest BCUT2D eigenvalue weighted by atomic mass is 10.2. The van der Waals surface area contributed by atoms with E-state index in [-0.39, 0.29) is 22.4 Å². The highest BCUT2D eigenvalue weighted by Crippen LogP contribution is 2.33. The average Bonchev–Trinajstić information content (AvgIpc) is 3.01. The maximum absolute atomic E-state index is 12.4. The van der Waals surface area contributed by atoms with Gasteiger partial charge in [0, 0.05) is 5.69 Å². The summed E-state index contributed by atoms with van der Waals surface area (Å²) in [6, 6.07) is 13.7. The summed E-state index contributed by atoms with van der Waals surface area (Å²) in [6.07, 6.45) is 1.49. The smallest absolute Gasteiger partial charge is 0.325 e. The van der Waals surface area contributed by atoms with Gasteiger partial charge in [-0.05, 0) is 47.7 Å². The van der Waals surface area contributed by atoms with Crippen LogP contribution in [0.1, 0.15) is 5.56 Å². The number of carbonyl (C=O) groups excluding carboxylic acids is 4. The zero-order chi connectivity index (χ0) is 22.4. The van der Waals surface area contributed by atoms with E-state index in [1.54, 1.807) is 42.5 Å².